The molecule has 1 heterocycles. The molecule has 1 aromatic heterocycles. The third kappa shape index (κ3) is 3.35. The van der Waals surface area contributed by atoms with Crippen molar-refractivity contribution in [3.63, 3.8) is 0 Å². The number of pyridine rings is 1. The minimum absolute atomic E-state index is 0.750. The number of nitrogen functional groups attached to an aromatic ring is 1. The standard InChI is InChI=1S/C14H23N3/c1-10-3-6-12(7-4-10)9-16-14-13(15)8-5-11(2)17-14/h5,8,10,12H,3-4,6-7,9,15H2,1-2H3,(H,16,17). The van der Waals surface area contributed by atoms with Crippen LogP contribution in [0.2, 0.25) is 0 Å². The first-order valence-electron chi connectivity index (χ1n) is 6.62. The molecule has 3 nitrogen and oxygen atoms in total. The summed E-state index contributed by atoms with van der Waals surface area (Å²) < 4.78 is 0. The van der Waals surface area contributed by atoms with Crippen LogP contribution in [0.3, 0.4) is 0 Å². The Bertz CT molecular complexity index is 368. The molecule has 0 aromatic carbocycles. The van der Waals surface area contributed by atoms with E-state index in [9.17, 15) is 0 Å². The van der Waals surface area contributed by atoms with E-state index in [-0.39, 0.29) is 0 Å². The number of nitrogens with zero attached hydrogens (tertiary/aromatic N) is 1. The molecular formula is C14H23N3. The van der Waals surface area contributed by atoms with E-state index < -0.39 is 0 Å². The van der Waals surface area contributed by atoms with Gasteiger partial charge in [0.15, 0.2) is 0 Å². The van der Waals surface area contributed by atoms with E-state index in [1.807, 2.05) is 19.1 Å². The van der Waals surface area contributed by atoms with Gasteiger partial charge in [-0.3, -0.25) is 0 Å². The number of hydrogen-bond donors (Lipinski definition) is 2. The molecule has 0 atom stereocenters. The molecule has 1 saturated carbocycles. The molecule has 1 aliphatic rings. The molecule has 0 radical (unpaired) electrons. The molecule has 0 aliphatic heterocycles. The van der Waals surface area contributed by atoms with Crippen molar-refractivity contribution in [1.82, 2.24) is 4.98 Å². The molecule has 17 heavy (non-hydrogen) atoms. The molecule has 94 valence electrons. The summed E-state index contributed by atoms with van der Waals surface area (Å²) in [6.07, 6.45) is 5.39. The van der Waals surface area contributed by atoms with Gasteiger partial charge in [0.2, 0.25) is 0 Å². The topological polar surface area (TPSA) is 50.9 Å². The molecule has 0 spiro atoms. The van der Waals surface area contributed by atoms with Crippen molar-refractivity contribution in [1.29, 1.82) is 0 Å². The fourth-order valence-electron chi connectivity index (χ4n) is 2.48. The van der Waals surface area contributed by atoms with Gasteiger partial charge in [0.25, 0.3) is 0 Å². The maximum atomic E-state index is 5.90. The molecule has 1 fully saturated rings. The zero-order chi connectivity index (χ0) is 12.3. The predicted molar refractivity (Wildman–Crippen MR) is 73.0 cm³/mol. The minimum atomic E-state index is 0.750. The fraction of sp³-hybridized carbons (Fsp3) is 0.643. The molecule has 1 aromatic rings. The van der Waals surface area contributed by atoms with Crippen LogP contribution in [-0.4, -0.2) is 11.5 Å². The van der Waals surface area contributed by atoms with E-state index in [1.54, 1.807) is 0 Å². The second kappa shape index (κ2) is 5.39. The Labute approximate surface area is 104 Å². The summed E-state index contributed by atoms with van der Waals surface area (Å²) in [5.41, 5.74) is 7.66. The van der Waals surface area contributed by atoms with Crippen LogP contribution >= 0.6 is 0 Å². The Morgan fingerprint density at radius 2 is 2.00 bits per heavy atom. The number of anilines is 2. The van der Waals surface area contributed by atoms with Gasteiger partial charge < -0.3 is 11.1 Å². The zero-order valence-electron chi connectivity index (χ0n) is 10.9. The maximum Gasteiger partial charge on any atom is 0.149 e. The van der Waals surface area contributed by atoms with Gasteiger partial charge in [0.05, 0.1) is 5.69 Å². The monoisotopic (exact) mass is 233 g/mol. The lowest BCUT2D eigenvalue weighted by atomic mass is 9.83. The van der Waals surface area contributed by atoms with Gasteiger partial charge in [-0.2, -0.15) is 0 Å². The van der Waals surface area contributed by atoms with Crippen molar-refractivity contribution in [2.24, 2.45) is 11.8 Å². The third-order valence-electron chi connectivity index (χ3n) is 3.76. The van der Waals surface area contributed by atoms with Crippen molar-refractivity contribution in [3.8, 4) is 0 Å². The second-order valence-corrected chi connectivity index (χ2v) is 5.40. The van der Waals surface area contributed by atoms with Crippen molar-refractivity contribution in [2.75, 3.05) is 17.6 Å². The Hall–Kier alpha value is -1.25. The Morgan fingerprint density at radius 1 is 1.29 bits per heavy atom. The van der Waals surface area contributed by atoms with Crippen LogP contribution in [0.5, 0.6) is 0 Å². The SMILES string of the molecule is Cc1ccc(N)c(NCC2CCC(C)CC2)n1. The van der Waals surface area contributed by atoms with E-state index >= 15 is 0 Å². The summed E-state index contributed by atoms with van der Waals surface area (Å²) in [6.45, 7) is 5.35. The first kappa shape index (κ1) is 12.2. The molecular weight excluding hydrogens is 210 g/mol. The maximum absolute atomic E-state index is 5.90. The average Bonchev–Trinajstić information content (AvgIpc) is 2.32. The Morgan fingerprint density at radius 3 is 2.71 bits per heavy atom. The summed E-state index contributed by atoms with van der Waals surface area (Å²) in [4.78, 5) is 4.44. The van der Waals surface area contributed by atoms with E-state index in [2.05, 4.69) is 17.2 Å². The van der Waals surface area contributed by atoms with Crippen LogP contribution in [0.25, 0.3) is 0 Å². The van der Waals surface area contributed by atoms with Gasteiger partial charge in [-0.25, -0.2) is 4.98 Å². The largest absolute Gasteiger partial charge is 0.396 e. The van der Waals surface area contributed by atoms with Crippen molar-refractivity contribution in [3.05, 3.63) is 17.8 Å². The lowest BCUT2D eigenvalue weighted by Crippen LogP contribution is -2.21. The van der Waals surface area contributed by atoms with Crippen molar-refractivity contribution < 1.29 is 0 Å². The zero-order valence-corrected chi connectivity index (χ0v) is 10.9. The van der Waals surface area contributed by atoms with E-state index in [0.29, 0.717) is 0 Å². The quantitative estimate of drug-likeness (QED) is 0.843. The summed E-state index contributed by atoms with van der Waals surface area (Å²) in [6, 6.07) is 3.87. The van der Waals surface area contributed by atoms with Gasteiger partial charge >= 0.3 is 0 Å². The van der Waals surface area contributed by atoms with E-state index in [4.69, 9.17) is 5.73 Å². The van der Waals surface area contributed by atoms with Crippen molar-refractivity contribution >= 4 is 11.5 Å². The molecule has 3 N–H and O–H groups in total. The molecule has 0 amide bonds. The lowest BCUT2D eigenvalue weighted by Gasteiger charge is -2.26. The molecule has 2 rings (SSSR count). The number of aryl methyl sites for hydroxylation is 1. The lowest BCUT2D eigenvalue weighted by molar-refractivity contribution is 0.300. The number of nitrogens with one attached hydrogen (secondary N) is 1. The van der Waals surface area contributed by atoms with Crippen molar-refractivity contribution in [2.45, 2.75) is 39.5 Å². The van der Waals surface area contributed by atoms with Gasteiger partial charge in [-0.1, -0.05) is 19.8 Å². The van der Waals surface area contributed by atoms with Crippen LogP contribution in [0.1, 0.15) is 38.3 Å². The third-order valence-corrected chi connectivity index (χ3v) is 3.76. The Kier molecular flexibility index (Phi) is 3.87. The number of hydrogen-bond acceptors (Lipinski definition) is 3. The summed E-state index contributed by atoms with van der Waals surface area (Å²) >= 11 is 0. The highest BCUT2D eigenvalue weighted by Crippen LogP contribution is 2.28. The van der Waals surface area contributed by atoms with Crippen LogP contribution in [0.4, 0.5) is 11.5 Å². The number of rotatable bonds is 3. The van der Waals surface area contributed by atoms with E-state index in [0.717, 1.165) is 35.6 Å². The van der Waals surface area contributed by atoms with Crippen LogP contribution in [-0.2, 0) is 0 Å². The number of aromatic nitrogens is 1. The molecule has 0 unspecified atom stereocenters. The summed E-state index contributed by atoms with van der Waals surface area (Å²) in [5.74, 6) is 2.55. The highest BCUT2D eigenvalue weighted by Gasteiger charge is 2.18. The van der Waals surface area contributed by atoms with E-state index in [1.165, 1.54) is 25.7 Å². The second-order valence-electron chi connectivity index (χ2n) is 5.40. The van der Waals surface area contributed by atoms with Gasteiger partial charge in [0, 0.05) is 12.2 Å². The smallest absolute Gasteiger partial charge is 0.149 e. The average molecular weight is 233 g/mol. The van der Waals surface area contributed by atoms with Gasteiger partial charge in [-0.15, -0.1) is 0 Å². The summed E-state index contributed by atoms with van der Waals surface area (Å²) in [7, 11) is 0. The molecule has 0 saturated heterocycles. The van der Waals surface area contributed by atoms with Gasteiger partial charge in [-0.05, 0) is 43.7 Å². The fourth-order valence-corrected chi connectivity index (χ4v) is 2.48. The van der Waals surface area contributed by atoms with Gasteiger partial charge in [0.1, 0.15) is 5.82 Å². The Balaban J connectivity index is 1.87. The first-order chi connectivity index (χ1) is 8.15. The first-order valence-corrected chi connectivity index (χ1v) is 6.62. The highest BCUT2D eigenvalue weighted by atomic mass is 15.0. The normalized spacial score (nSPS) is 24.6. The van der Waals surface area contributed by atoms with Crippen LogP contribution < -0.4 is 11.1 Å². The minimum Gasteiger partial charge on any atom is -0.396 e. The molecule has 1 aliphatic carbocycles. The predicted octanol–water partition coefficient (Wildman–Crippen LogP) is 3.21. The van der Waals surface area contributed by atoms with Crippen LogP contribution in [0, 0.1) is 18.8 Å². The van der Waals surface area contributed by atoms with Crippen LogP contribution in [0.15, 0.2) is 12.1 Å². The summed E-state index contributed by atoms with van der Waals surface area (Å²) in [5, 5.41) is 3.40. The molecule has 0 bridgehead atoms. The number of nitrogens with two attached hydrogens (primary N) is 1. The highest BCUT2D eigenvalue weighted by molar-refractivity contribution is 5.61. The molecule has 3 heteroatoms.